The van der Waals surface area contributed by atoms with Crippen molar-refractivity contribution in [2.45, 2.75) is 6.42 Å². The Hall–Kier alpha value is -1.34. The molecule has 1 aromatic rings. The third-order valence-corrected chi connectivity index (χ3v) is 5.23. The molecule has 1 aromatic carbocycles. The number of nitrogens with zero attached hydrogens (tertiary/aromatic N) is 3. The van der Waals surface area contributed by atoms with Crippen LogP contribution in [0.5, 0.6) is 5.75 Å². The summed E-state index contributed by atoms with van der Waals surface area (Å²) in [6, 6.07) is 4.94. The lowest BCUT2D eigenvalue weighted by molar-refractivity contribution is -0.132. The van der Waals surface area contributed by atoms with Crippen LogP contribution in [0.4, 0.5) is 0 Å². The van der Waals surface area contributed by atoms with Gasteiger partial charge in [0.1, 0.15) is 5.75 Å². The van der Waals surface area contributed by atoms with E-state index in [1.54, 1.807) is 12.1 Å². The summed E-state index contributed by atoms with van der Waals surface area (Å²) in [6.45, 7) is 9.23. The van der Waals surface area contributed by atoms with Gasteiger partial charge in [0.2, 0.25) is 5.91 Å². The number of carbonyl (C=O) groups excluding carboxylic acids is 1. The van der Waals surface area contributed by atoms with Crippen molar-refractivity contribution < 1.29 is 14.6 Å². The number of rotatable bonds is 5. The van der Waals surface area contributed by atoms with Crippen LogP contribution in [0.3, 0.4) is 0 Å². The molecule has 0 atom stereocenters. The number of halogens is 1. The van der Waals surface area contributed by atoms with Crippen LogP contribution in [-0.2, 0) is 16.0 Å². The Morgan fingerprint density at radius 2 is 1.68 bits per heavy atom. The second-order valence-corrected chi connectivity index (χ2v) is 7.05. The lowest BCUT2D eigenvalue weighted by Gasteiger charge is -2.36. The Kier molecular flexibility index (Phi) is 6.53. The molecule has 2 aliphatic heterocycles. The van der Waals surface area contributed by atoms with Gasteiger partial charge < -0.3 is 14.7 Å². The molecule has 2 aliphatic rings. The lowest BCUT2D eigenvalue weighted by atomic mass is 10.1. The van der Waals surface area contributed by atoms with Crippen molar-refractivity contribution in [3.05, 3.63) is 28.8 Å². The van der Waals surface area contributed by atoms with E-state index in [2.05, 4.69) is 9.80 Å². The van der Waals surface area contributed by atoms with Crippen molar-refractivity contribution in [2.24, 2.45) is 0 Å². The summed E-state index contributed by atoms with van der Waals surface area (Å²) >= 11 is 5.91. The van der Waals surface area contributed by atoms with Crippen LogP contribution in [0.25, 0.3) is 0 Å². The topological polar surface area (TPSA) is 56.2 Å². The van der Waals surface area contributed by atoms with E-state index in [0.29, 0.717) is 11.4 Å². The first-order chi connectivity index (χ1) is 12.1. The quantitative estimate of drug-likeness (QED) is 0.843. The molecule has 2 heterocycles. The van der Waals surface area contributed by atoms with Gasteiger partial charge in [-0.25, -0.2) is 0 Å². The smallest absolute Gasteiger partial charge is 0.227 e. The van der Waals surface area contributed by atoms with Crippen molar-refractivity contribution in [2.75, 3.05) is 65.6 Å². The van der Waals surface area contributed by atoms with E-state index in [1.165, 1.54) is 6.07 Å². The first kappa shape index (κ1) is 18.5. The molecule has 2 saturated heterocycles. The monoisotopic (exact) mass is 367 g/mol. The Bertz CT molecular complexity index is 585. The normalized spacial score (nSPS) is 20.0. The lowest BCUT2D eigenvalue weighted by Crippen LogP contribution is -2.51. The van der Waals surface area contributed by atoms with Gasteiger partial charge >= 0.3 is 0 Å². The Labute approximate surface area is 153 Å². The van der Waals surface area contributed by atoms with Crippen molar-refractivity contribution >= 4 is 17.5 Å². The second kappa shape index (κ2) is 8.85. The van der Waals surface area contributed by atoms with E-state index in [0.717, 1.165) is 71.1 Å². The zero-order valence-electron chi connectivity index (χ0n) is 14.5. The number of phenols is 1. The third kappa shape index (κ3) is 5.31. The van der Waals surface area contributed by atoms with Crippen LogP contribution in [0.2, 0.25) is 5.02 Å². The molecule has 2 fully saturated rings. The SMILES string of the molecule is O=C(Cc1ccc(O)c(Cl)c1)N1CCN(CCN2CCOCC2)CC1. The van der Waals surface area contributed by atoms with Gasteiger partial charge in [0.25, 0.3) is 0 Å². The van der Waals surface area contributed by atoms with Crippen LogP contribution in [0, 0.1) is 0 Å². The molecule has 6 nitrogen and oxygen atoms in total. The standard InChI is InChI=1S/C18H26ClN3O3/c19-16-13-15(1-2-17(16)23)14-18(24)22-7-5-20(6-8-22)3-4-21-9-11-25-12-10-21/h1-2,13,23H,3-12,14H2. The molecule has 0 radical (unpaired) electrons. The molecule has 138 valence electrons. The number of hydrogen-bond donors (Lipinski definition) is 1. The number of benzene rings is 1. The summed E-state index contributed by atoms with van der Waals surface area (Å²) in [6.07, 6.45) is 0.327. The molecule has 0 bridgehead atoms. The highest BCUT2D eigenvalue weighted by Crippen LogP contribution is 2.24. The minimum absolute atomic E-state index is 0.0479. The summed E-state index contributed by atoms with van der Waals surface area (Å²) in [5.74, 6) is 0.168. The minimum atomic E-state index is 0.0479. The Morgan fingerprint density at radius 1 is 1.04 bits per heavy atom. The van der Waals surface area contributed by atoms with Crippen LogP contribution < -0.4 is 0 Å². The molecular formula is C18H26ClN3O3. The van der Waals surface area contributed by atoms with Crippen molar-refractivity contribution in [1.82, 2.24) is 14.7 Å². The fourth-order valence-corrected chi connectivity index (χ4v) is 3.48. The molecule has 7 heteroatoms. The highest BCUT2D eigenvalue weighted by atomic mass is 35.5. The molecular weight excluding hydrogens is 342 g/mol. The maximum Gasteiger partial charge on any atom is 0.227 e. The maximum absolute atomic E-state index is 12.5. The summed E-state index contributed by atoms with van der Waals surface area (Å²) in [7, 11) is 0. The molecule has 0 aromatic heterocycles. The fraction of sp³-hybridized carbons (Fsp3) is 0.611. The largest absolute Gasteiger partial charge is 0.506 e. The third-order valence-electron chi connectivity index (χ3n) is 4.93. The summed E-state index contributed by atoms with van der Waals surface area (Å²) in [5, 5.41) is 9.75. The maximum atomic E-state index is 12.5. The molecule has 0 saturated carbocycles. The molecule has 3 rings (SSSR count). The molecule has 0 aliphatic carbocycles. The molecule has 25 heavy (non-hydrogen) atoms. The van der Waals surface area contributed by atoms with Gasteiger partial charge in [0.05, 0.1) is 24.7 Å². The van der Waals surface area contributed by atoms with Crippen LogP contribution in [0.1, 0.15) is 5.56 Å². The number of carbonyl (C=O) groups is 1. The Balaban J connectivity index is 1.40. The van der Waals surface area contributed by atoms with E-state index in [-0.39, 0.29) is 11.7 Å². The van der Waals surface area contributed by atoms with Gasteiger partial charge in [-0.15, -0.1) is 0 Å². The van der Waals surface area contributed by atoms with Gasteiger partial charge in [-0.1, -0.05) is 17.7 Å². The van der Waals surface area contributed by atoms with E-state index in [4.69, 9.17) is 16.3 Å². The molecule has 1 N–H and O–H groups in total. The van der Waals surface area contributed by atoms with Gasteiger partial charge in [-0.3, -0.25) is 14.6 Å². The van der Waals surface area contributed by atoms with E-state index in [9.17, 15) is 9.90 Å². The number of ether oxygens (including phenoxy) is 1. The van der Waals surface area contributed by atoms with Crippen LogP contribution in [0.15, 0.2) is 18.2 Å². The number of aromatic hydroxyl groups is 1. The second-order valence-electron chi connectivity index (χ2n) is 6.64. The number of morpholine rings is 1. The fourth-order valence-electron chi connectivity index (χ4n) is 3.28. The average Bonchev–Trinajstić information content (AvgIpc) is 2.64. The van der Waals surface area contributed by atoms with Crippen molar-refractivity contribution in [3.8, 4) is 5.75 Å². The Morgan fingerprint density at radius 3 is 2.32 bits per heavy atom. The molecule has 1 amide bonds. The van der Waals surface area contributed by atoms with Gasteiger partial charge in [0, 0.05) is 52.4 Å². The zero-order chi connectivity index (χ0) is 17.6. The summed E-state index contributed by atoms with van der Waals surface area (Å²) in [4.78, 5) is 19.2. The van der Waals surface area contributed by atoms with Crippen LogP contribution >= 0.6 is 11.6 Å². The van der Waals surface area contributed by atoms with Gasteiger partial charge in [0.15, 0.2) is 0 Å². The number of hydrogen-bond acceptors (Lipinski definition) is 5. The van der Waals surface area contributed by atoms with E-state index in [1.807, 2.05) is 4.90 Å². The predicted molar refractivity (Wildman–Crippen MR) is 97.1 cm³/mol. The van der Waals surface area contributed by atoms with Gasteiger partial charge in [-0.2, -0.15) is 0 Å². The summed E-state index contributed by atoms with van der Waals surface area (Å²) < 4.78 is 5.37. The number of phenolic OH excluding ortho intramolecular Hbond substituents is 1. The highest BCUT2D eigenvalue weighted by Gasteiger charge is 2.22. The first-order valence-corrected chi connectivity index (χ1v) is 9.27. The van der Waals surface area contributed by atoms with Crippen molar-refractivity contribution in [1.29, 1.82) is 0 Å². The van der Waals surface area contributed by atoms with Gasteiger partial charge in [-0.05, 0) is 17.7 Å². The first-order valence-electron chi connectivity index (χ1n) is 8.89. The minimum Gasteiger partial charge on any atom is -0.506 e. The molecule has 0 unspecified atom stereocenters. The number of amides is 1. The average molecular weight is 368 g/mol. The number of piperazine rings is 1. The van der Waals surface area contributed by atoms with Crippen LogP contribution in [-0.4, -0.2) is 91.3 Å². The van der Waals surface area contributed by atoms with Crippen molar-refractivity contribution in [3.63, 3.8) is 0 Å². The summed E-state index contributed by atoms with van der Waals surface area (Å²) in [5.41, 5.74) is 0.836. The van der Waals surface area contributed by atoms with E-state index >= 15 is 0 Å². The van der Waals surface area contributed by atoms with E-state index < -0.39 is 0 Å². The highest BCUT2D eigenvalue weighted by molar-refractivity contribution is 6.32. The zero-order valence-corrected chi connectivity index (χ0v) is 15.2. The predicted octanol–water partition coefficient (Wildman–Crippen LogP) is 1.06. The molecule has 0 spiro atoms.